The molecule has 0 bridgehead atoms. The van der Waals surface area contributed by atoms with Crippen molar-refractivity contribution in [3.8, 4) is 0 Å². The van der Waals surface area contributed by atoms with Gasteiger partial charge in [0.1, 0.15) is 5.82 Å². The molecule has 1 saturated heterocycles. The lowest BCUT2D eigenvalue weighted by Gasteiger charge is -2.37. The summed E-state index contributed by atoms with van der Waals surface area (Å²) < 4.78 is 6.67. The largest absolute Gasteiger partial charge is 0.377 e. The summed E-state index contributed by atoms with van der Waals surface area (Å²) in [7, 11) is 0. The molecule has 1 N–H and O–H groups in total. The van der Waals surface area contributed by atoms with E-state index in [0.29, 0.717) is 6.04 Å². The number of likely N-dealkylation sites (N-methyl/N-ethyl adjacent to an activating group) is 1. The smallest absolute Gasteiger partial charge is 0.143 e. The van der Waals surface area contributed by atoms with E-state index in [-0.39, 0.29) is 0 Å². The van der Waals surface area contributed by atoms with Gasteiger partial charge in [-0.25, -0.2) is 4.98 Å². The van der Waals surface area contributed by atoms with E-state index in [0.717, 1.165) is 43.1 Å². The van der Waals surface area contributed by atoms with Crippen LogP contribution >= 0.6 is 15.9 Å². The maximum absolute atomic E-state index is 5.58. The molecule has 0 aromatic carbocycles. The van der Waals surface area contributed by atoms with Crippen LogP contribution in [0.2, 0.25) is 0 Å². The number of pyridine rings is 1. The molecule has 0 spiro atoms. The second-order valence-electron chi connectivity index (χ2n) is 4.50. The number of hydrogen-bond acceptors (Lipinski definition) is 4. The Morgan fingerprint density at radius 2 is 2.44 bits per heavy atom. The highest BCUT2D eigenvalue weighted by atomic mass is 79.9. The van der Waals surface area contributed by atoms with Gasteiger partial charge in [-0.15, -0.1) is 0 Å². The molecule has 1 atom stereocenters. The van der Waals surface area contributed by atoms with Gasteiger partial charge in [-0.1, -0.05) is 6.92 Å². The first-order valence-electron chi connectivity index (χ1n) is 6.40. The highest BCUT2D eigenvalue weighted by Gasteiger charge is 2.25. The molecule has 0 amide bonds. The molecule has 2 rings (SSSR count). The first kappa shape index (κ1) is 13.8. The molecule has 0 saturated carbocycles. The van der Waals surface area contributed by atoms with Crippen molar-refractivity contribution >= 4 is 21.7 Å². The van der Waals surface area contributed by atoms with Crippen LogP contribution in [0.1, 0.15) is 12.5 Å². The normalized spacial score (nSPS) is 20.2. The summed E-state index contributed by atoms with van der Waals surface area (Å²) in [6.07, 6.45) is 1.87. The predicted molar refractivity (Wildman–Crippen MR) is 77.2 cm³/mol. The fourth-order valence-electron chi connectivity index (χ4n) is 2.14. The van der Waals surface area contributed by atoms with Gasteiger partial charge in [-0.05, 0) is 41.0 Å². The lowest BCUT2D eigenvalue weighted by molar-refractivity contribution is 0.0934. The molecule has 5 heteroatoms. The Labute approximate surface area is 117 Å². The molecule has 1 fully saturated rings. The molecule has 18 heavy (non-hydrogen) atoms. The van der Waals surface area contributed by atoms with Crippen molar-refractivity contribution in [2.24, 2.45) is 0 Å². The van der Waals surface area contributed by atoms with Crippen LogP contribution in [0, 0.1) is 6.92 Å². The van der Waals surface area contributed by atoms with Gasteiger partial charge in [-0.3, -0.25) is 0 Å². The topological polar surface area (TPSA) is 37.4 Å². The number of halogens is 1. The van der Waals surface area contributed by atoms with Crippen molar-refractivity contribution in [3.63, 3.8) is 0 Å². The first-order chi connectivity index (χ1) is 8.74. The van der Waals surface area contributed by atoms with Crippen LogP contribution in [-0.2, 0) is 4.74 Å². The van der Waals surface area contributed by atoms with E-state index in [9.17, 15) is 0 Å². The average Bonchev–Trinajstić information content (AvgIpc) is 2.40. The summed E-state index contributed by atoms with van der Waals surface area (Å²) in [5, 5.41) is 3.39. The van der Waals surface area contributed by atoms with Crippen LogP contribution in [-0.4, -0.2) is 43.9 Å². The Bertz CT molecular complexity index is 400. The summed E-state index contributed by atoms with van der Waals surface area (Å²) in [4.78, 5) is 6.85. The zero-order chi connectivity index (χ0) is 13.0. The molecule has 1 aliphatic rings. The van der Waals surface area contributed by atoms with Gasteiger partial charge in [0.15, 0.2) is 0 Å². The van der Waals surface area contributed by atoms with E-state index in [1.165, 1.54) is 5.56 Å². The fourth-order valence-corrected chi connectivity index (χ4v) is 2.60. The Morgan fingerprint density at radius 3 is 3.22 bits per heavy atom. The highest BCUT2D eigenvalue weighted by molar-refractivity contribution is 9.10. The van der Waals surface area contributed by atoms with Crippen LogP contribution in [0.5, 0.6) is 0 Å². The number of nitrogens with one attached hydrogen (secondary N) is 1. The number of aromatic nitrogens is 1. The third kappa shape index (κ3) is 3.02. The minimum Gasteiger partial charge on any atom is -0.377 e. The summed E-state index contributed by atoms with van der Waals surface area (Å²) in [6, 6.07) is 2.37. The van der Waals surface area contributed by atoms with Gasteiger partial charge >= 0.3 is 0 Å². The molecule has 1 aliphatic heterocycles. The Morgan fingerprint density at radius 1 is 1.61 bits per heavy atom. The van der Waals surface area contributed by atoms with E-state index >= 15 is 0 Å². The Hall–Kier alpha value is -0.650. The predicted octanol–water partition coefficient (Wildman–Crippen LogP) is 1.97. The van der Waals surface area contributed by atoms with Crippen LogP contribution in [0.4, 0.5) is 5.82 Å². The molecule has 0 radical (unpaired) electrons. The zero-order valence-corrected chi connectivity index (χ0v) is 12.5. The number of anilines is 1. The van der Waals surface area contributed by atoms with Crippen molar-refractivity contribution < 1.29 is 4.74 Å². The van der Waals surface area contributed by atoms with Crippen molar-refractivity contribution in [2.75, 3.05) is 37.7 Å². The van der Waals surface area contributed by atoms with Crippen molar-refractivity contribution in [2.45, 2.75) is 19.9 Å². The minimum absolute atomic E-state index is 0.351. The number of morpholine rings is 1. The van der Waals surface area contributed by atoms with Gasteiger partial charge in [0, 0.05) is 19.3 Å². The third-order valence-corrected chi connectivity index (χ3v) is 4.17. The molecule has 2 heterocycles. The van der Waals surface area contributed by atoms with Gasteiger partial charge in [0.2, 0.25) is 0 Å². The van der Waals surface area contributed by atoms with E-state index < -0.39 is 0 Å². The standard InChI is InChI=1S/C13H20BrN3O/c1-3-15-8-11-9-18-7-6-17(11)13-12(14)10(2)4-5-16-13/h4-5,11,15H,3,6-9H2,1-2H3. The summed E-state index contributed by atoms with van der Waals surface area (Å²) in [5.41, 5.74) is 1.22. The second-order valence-corrected chi connectivity index (χ2v) is 5.29. The van der Waals surface area contributed by atoms with Crippen LogP contribution in [0.15, 0.2) is 16.7 Å². The molecular formula is C13H20BrN3O. The Kier molecular flexibility index (Phi) is 4.97. The maximum Gasteiger partial charge on any atom is 0.143 e. The van der Waals surface area contributed by atoms with Gasteiger partial charge in [0.05, 0.1) is 23.7 Å². The molecular weight excluding hydrogens is 294 g/mol. The number of aryl methyl sites for hydroxylation is 1. The van der Waals surface area contributed by atoms with Crippen LogP contribution in [0.25, 0.3) is 0 Å². The number of rotatable bonds is 4. The monoisotopic (exact) mass is 313 g/mol. The van der Waals surface area contributed by atoms with Gasteiger partial charge < -0.3 is 15.0 Å². The molecule has 100 valence electrons. The molecule has 1 unspecified atom stereocenters. The van der Waals surface area contributed by atoms with Crippen LogP contribution < -0.4 is 10.2 Å². The SMILES string of the molecule is CCNCC1COCCN1c1nccc(C)c1Br. The van der Waals surface area contributed by atoms with Crippen molar-refractivity contribution in [1.29, 1.82) is 0 Å². The average molecular weight is 314 g/mol. The fraction of sp³-hybridized carbons (Fsp3) is 0.615. The number of ether oxygens (including phenoxy) is 1. The van der Waals surface area contributed by atoms with Crippen molar-refractivity contribution in [3.05, 3.63) is 22.3 Å². The molecule has 0 aliphatic carbocycles. The van der Waals surface area contributed by atoms with Crippen molar-refractivity contribution in [1.82, 2.24) is 10.3 Å². The summed E-state index contributed by atoms with van der Waals surface area (Å²) in [6.45, 7) is 8.54. The van der Waals surface area contributed by atoms with E-state index in [1.807, 2.05) is 12.3 Å². The van der Waals surface area contributed by atoms with Gasteiger partial charge in [-0.2, -0.15) is 0 Å². The van der Waals surface area contributed by atoms with Crippen LogP contribution in [0.3, 0.4) is 0 Å². The van der Waals surface area contributed by atoms with E-state index in [4.69, 9.17) is 4.74 Å². The zero-order valence-electron chi connectivity index (χ0n) is 10.9. The van der Waals surface area contributed by atoms with E-state index in [2.05, 4.69) is 45.0 Å². The maximum atomic E-state index is 5.58. The minimum atomic E-state index is 0.351. The summed E-state index contributed by atoms with van der Waals surface area (Å²) >= 11 is 3.65. The number of nitrogens with zero attached hydrogens (tertiary/aromatic N) is 2. The summed E-state index contributed by atoms with van der Waals surface area (Å²) in [5.74, 6) is 1.03. The molecule has 1 aromatic heterocycles. The lowest BCUT2D eigenvalue weighted by atomic mass is 10.2. The third-order valence-electron chi connectivity index (χ3n) is 3.19. The quantitative estimate of drug-likeness (QED) is 0.922. The van der Waals surface area contributed by atoms with Gasteiger partial charge in [0.25, 0.3) is 0 Å². The highest BCUT2D eigenvalue weighted by Crippen LogP contribution is 2.28. The first-order valence-corrected chi connectivity index (χ1v) is 7.19. The second kappa shape index (κ2) is 6.50. The molecule has 4 nitrogen and oxygen atoms in total. The Balaban J connectivity index is 2.19. The lowest BCUT2D eigenvalue weighted by Crippen LogP contribution is -2.51. The van der Waals surface area contributed by atoms with E-state index in [1.54, 1.807) is 0 Å². The number of hydrogen-bond donors (Lipinski definition) is 1. The molecule has 1 aromatic rings.